The van der Waals surface area contributed by atoms with Crippen molar-refractivity contribution in [3.05, 3.63) is 0 Å². The number of fused-ring (bicyclic) bond motifs is 2. The van der Waals surface area contributed by atoms with E-state index in [4.69, 9.17) is 5.73 Å². The van der Waals surface area contributed by atoms with Gasteiger partial charge in [-0.25, -0.2) is 0 Å². The molecule has 0 aromatic heterocycles. The van der Waals surface area contributed by atoms with E-state index in [-0.39, 0.29) is 30.3 Å². The van der Waals surface area contributed by atoms with Crippen LogP contribution in [0.25, 0.3) is 0 Å². The predicted octanol–water partition coefficient (Wildman–Crippen LogP) is 2.82. The molecule has 0 radical (unpaired) electrons. The highest BCUT2D eigenvalue weighted by Gasteiger charge is 2.51. The van der Waals surface area contributed by atoms with E-state index in [9.17, 15) is 4.79 Å². The predicted molar refractivity (Wildman–Crippen MR) is 81.3 cm³/mol. The molecule has 2 aliphatic rings. The topological polar surface area (TPSA) is 46.3 Å². The fraction of sp³-hybridized carbons (Fsp3) is 0.933. The summed E-state index contributed by atoms with van der Waals surface area (Å²) in [5, 5.41) is 0. The van der Waals surface area contributed by atoms with Gasteiger partial charge in [-0.05, 0) is 37.0 Å². The lowest BCUT2D eigenvalue weighted by molar-refractivity contribution is -0.136. The van der Waals surface area contributed by atoms with Crippen LogP contribution in [0.1, 0.15) is 53.9 Å². The van der Waals surface area contributed by atoms with E-state index in [1.165, 1.54) is 12.8 Å². The van der Waals surface area contributed by atoms with E-state index in [1.54, 1.807) is 0 Å². The van der Waals surface area contributed by atoms with Crippen molar-refractivity contribution in [2.24, 2.45) is 22.5 Å². The monoisotopic (exact) mass is 288 g/mol. The zero-order valence-electron chi connectivity index (χ0n) is 12.9. The summed E-state index contributed by atoms with van der Waals surface area (Å²) >= 11 is 0. The van der Waals surface area contributed by atoms with Crippen molar-refractivity contribution in [2.45, 2.75) is 66.0 Å². The number of likely N-dealkylation sites (tertiary alicyclic amines) is 1. The SMILES string of the molecule is CC(N)C(C)C(=O)N1CC2(C)CC1CC(C)(C)C2.Cl. The minimum absolute atomic E-state index is 0. The quantitative estimate of drug-likeness (QED) is 0.849. The van der Waals surface area contributed by atoms with Gasteiger partial charge in [-0.2, -0.15) is 0 Å². The number of halogens is 1. The molecule has 1 aliphatic carbocycles. The number of nitrogens with zero attached hydrogens (tertiary/aromatic N) is 1. The molecule has 1 heterocycles. The zero-order chi connectivity index (χ0) is 13.7. The Hall–Kier alpha value is -0.280. The summed E-state index contributed by atoms with van der Waals surface area (Å²) in [4.78, 5) is 14.7. The van der Waals surface area contributed by atoms with Crippen molar-refractivity contribution in [1.82, 2.24) is 4.90 Å². The van der Waals surface area contributed by atoms with E-state index in [0.717, 1.165) is 13.0 Å². The first-order valence-electron chi connectivity index (χ1n) is 7.20. The first-order valence-corrected chi connectivity index (χ1v) is 7.20. The lowest BCUT2D eigenvalue weighted by Gasteiger charge is -2.39. The van der Waals surface area contributed by atoms with Gasteiger partial charge in [0.1, 0.15) is 0 Å². The molecular formula is C15H29ClN2O. The molecule has 4 atom stereocenters. The number of amides is 1. The van der Waals surface area contributed by atoms with Gasteiger partial charge in [0.15, 0.2) is 0 Å². The molecule has 0 spiro atoms. The van der Waals surface area contributed by atoms with Crippen LogP contribution in [0.3, 0.4) is 0 Å². The van der Waals surface area contributed by atoms with Crippen molar-refractivity contribution >= 4 is 18.3 Å². The summed E-state index contributed by atoms with van der Waals surface area (Å²) in [6, 6.07) is 0.381. The van der Waals surface area contributed by atoms with Gasteiger partial charge >= 0.3 is 0 Å². The van der Waals surface area contributed by atoms with E-state index >= 15 is 0 Å². The van der Waals surface area contributed by atoms with Gasteiger partial charge in [0.05, 0.1) is 5.92 Å². The first-order chi connectivity index (χ1) is 8.14. The van der Waals surface area contributed by atoms with Gasteiger partial charge in [-0.3, -0.25) is 4.79 Å². The van der Waals surface area contributed by atoms with E-state index < -0.39 is 0 Å². The van der Waals surface area contributed by atoms with Crippen molar-refractivity contribution in [3.63, 3.8) is 0 Å². The molecule has 4 unspecified atom stereocenters. The van der Waals surface area contributed by atoms with Crippen LogP contribution >= 0.6 is 12.4 Å². The molecule has 0 aromatic rings. The third-order valence-electron chi connectivity index (χ3n) is 4.88. The Morgan fingerprint density at radius 3 is 2.37 bits per heavy atom. The zero-order valence-corrected chi connectivity index (χ0v) is 13.7. The number of carbonyl (C=O) groups excluding carboxylic acids is 1. The molecule has 1 amide bonds. The van der Waals surface area contributed by atoms with E-state index in [0.29, 0.717) is 16.9 Å². The third-order valence-corrected chi connectivity index (χ3v) is 4.88. The minimum Gasteiger partial charge on any atom is -0.339 e. The molecule has 4 heteroatoms. The molecule has 1 saturated carbocycles. The molecular weight excluding hydrogens is 260 g/mol. The lowest BCUT2D eigenvalue weighted by Crippen LogP contribution is -2.44. The second-order valence-corrected chi connectivity index (χ2v) is 7.83. The molecule has 2 bridgehead atoms. The van der Waals surface area contributed by atoms with Crippen molar-refractivity contribution < 1.29 is 4.79 Å². The molecule has 112 valence electrons. The number of hydrogen-bond donors (Lipinski definition) is 1. The van der Waals surface area contributed by atoms with Gasteiger partial charge in [-0.1, -0.05) is 27.7 Å². The Labute approximate surface area is 123 Å². The fourth-order valence-electron chi connectivity index (χ4n) is 4.20. The maximum atomic E-state index is 12.5. The maximum absolute atomic E-state index is 12.5. The second-order valence-electron chi connectivity index (χ2n) is 7.83. The van der Waals surface area contributed by atoms with Crippen LogP contribution in [0.15, 0.2) is 0 Å². The number of hydrogen-bond acceptors (Lipinski definition) is 2. The van der Waals surface area contributed by atoms with Gasteiger partial charge < -0.3 is 10.6 Å². The van der Waals surface area contributed by atoms with Crippen LogP contribution in [0.5, 0.6) is 0 Å². The lowest BCUT2D eigenvalue weighted by atomic mass is 9.65. The van der Waals surface area contributed by atoms with Crippen LogP contribution in [0.2, 0.25) is 0 Å². The molecule has 0 aromatic carbocycles. The standard InChI is InChI=1S/C15H28N2O.ClH/c1-10(11(2)16)13(18)17-9-15(5)7-12(17)6-14(3,4)8-15;/h10-12H,6-9,16H2,1-5H3;1H. The Kier molecular flexibility index (Phi) is 4.63. The molecule has 1 aliphatic heterocycles. The second kappa shape index (κ2) is 5.25. The molecule has 2 fully saturated rings. The number of carbonyl (C=O) groups is 1. The maximum Gasteiger partial charge on any atom is 0.227 e. The Morgan fingerprint density at radius 2 is 1.84 bits per heavy atom. The third kappa shape index (κ3) is 3.25. The Balaban J connectivity index is 0.00000180. The van der Waals surface area contributed by atoms with Crippen LogP contribution < -0.4 is 5.73 Å². The molecule has 19 heavy (non-hydrogen) atoms. The van der Waals surface area contributed by atoms with Crippen LogP contribution in [0, 0.1) is 16.7 Å². The van der Waals surface area contributed by atoms with Crippen LogP contribution in [-0.2, 0) is 4.79 Å². The van der Waals surface area contributed by atoms with Gasteiger partial charge in [-0.15, -0.1) is 12.4 Å². The summed E-state index contributed by atoms with van der Waals surface area (Å²) in [6.07, 6.45) is 3.54. The van der Waals surface area contributed by atoms with Crippen molar-refractivity contribution in [2.75, 3.05) is 6.54 Å². The highest BCUT2D eigenvalue weighted by Crippen LogP contribution is 2.52. The molecule has 2 rings (SSSR count). The van der Waals surface area contributed by atoms with Crippen molar-refractivity contribution in [3.8, 4) is 0 Å². The minimum atomic E-state index is -0.0592. The normalized spacial score (nSPS) is 35.5. The average molecular weight is 289 g/mol. The largest absolute Gasteiger partial charge is 0.339 e. The Morgan fingerprint density at radius 1 is 1.26 bits per heavy atom. The Bertz CT molecular complexity index is 356. The molecule has 1 saturated heterocycles. The average Bonchev–Trinajstić information content (AvgIpc) is 2.45. The molecule has 2 N–H and O–H groups in total. The summed E-state index contributed by atoms with van der Waals surface area (Å²) in [6.45, 7) is 11.8. The van der Waals surface area contributed by atoms with Crippen molar-refractivity contribution in [1.29, 1.82) is 0 Å². The van der Waals surface area contributed by atoms with E-state index in [1.807, 2.05) is 13.8 Å². The van der Waals surface area contributed by atoms with Gasteiger partial charge in [0.25, 0.3) is 0 Å². The van der Waals surface area contributed by atoms with Crippen LogP contribution in [-0.4, -0.2) is 29.4 Å². The van der Waals surface area contributed by atoms with E-state index in [2.05, 4.69) is 25.7 Å². The first kappa shape index (κ1) is 16.8. The summed E-state index contributed by atoms with van der Waals surface area (Å²) in [7, 11) is 0. The highest BCUT2D eigenvalue weighted by molar-refractivity contribution is 5.85. The molecule has 3 nitrogen and oxygen atoms in total. The fourth-order valence-corrected chi connectivity index (χ4v) is 4.20. The van der Waals surface area contributed by atoms with Crippen LogP contribution in [0.4, 0.5) is 0 Å². The number of nitrogens with two attached hydrogens (primary N) is 1. The van der Waals surface area contributed by atoms with Gasteiger partial charge in [0.2, 0.25) is 5.91 Å². The highest BCUT2D eigenvalue weighted by atomic mass is 35.5. The summed E-state index contributed by atoms with van der Waals surface area (Å²) in [5.74, 6) is 0.201. The van der Waals surface area contributed by atoms with Gasteiger partial charge in [0, 0.05) is 18.6 Å². The number of rotatable bonds is 2. The summed E-state index contributed by atoms with van der Waals surface area (Å²) < 4.78 is 0. The smallest absolute Gasteiger partial charge is 0.227 e. The summed E-state index contributed by atoms with van der Waals surface area (Å²) in [5.41, 5.74) is 6.56.